The molecule has 8 nitrogen and oxygen atoms in total. The molecular weight excluding hydrogens is 386 g/mol. The van der Waals surface area contributed by atoms with E-state index in [9.17, 15) is 19.2 Å². The van der Waals surface area contributed by atoms with E-state index < -0.39 is 24.0 Å². The molecule has 1 saturated heterocycles. The summed E-state index contributed by atoms with van der Waals surface area (Å²) < 4.78 is 5.02. The Bertz CT molecular complexity index is 738. The Morgan fingerprint density at radius 2 is 1.90 bits per heavy atom. The molecule has 1 aromatic carbocycles. The SMILES string of the molecule is CCOC(=O)[C@@H]1CCCN1C(=O)[C@H](C)NC(=O)CNC(=O)CCCc1ccccc1. The van der Waals surface area contributed by atoms with Gasteiger partial charge in [-0.05, 0) is 45.1 Å². The highest BCUT2D eigenvalue weighted by Crippen LogP contribution is 2.19. The van der Waals surface area contributed by atoms with Crippen molar-refractivity contribution in [3.05, 3.63) is 35.9 Å². The van der Waals surface area contributed by atoms with Gasteiger partial charge in [-0.15, -0.1) is 0 Å². The molecule has 2 rings (SSSR count). The van der Waals surface area contributed by atoms with Crippen molar-refractivity contribution in [1.29, 1.82) is 0 Å². The molecular formula is C22H31N3O5. The van der Waals surface area contributed by atoms with E-state index in [0.717, 1.165) is 12.8 Å². The monoisotopic (exact) mass is 417 g/mol. The number of carbonyl (C=O) groups is 4. The number of carbonyl (C=O) groups excluding carboxylic acids is 4. The van der Waals surface area contributed by atoms with Crippen LogP contribution in [0.1, 0.15) is 45.1 Å². The molecule has 0 aromatic heterocycles. The molecule has 0 unspecified atom stereocenters. The quantitative estimate of drug-likeness (QED) is 0.557. The number of amides is 3. The van der Waals surface area contributed by atoms with Crippen LogP contribution in [0.5, 0.6) is 0 Å². The highest BCUT2D eigenvalue weighted by molar-refractivity contribution is 5.92. The molecule has 30 heavy (non-hydrogen) atoms. The summed E-state index contributed by atoms with van der Waals surface area (Å²) in [5.74, 6) is -1.39. The summed E-state index contributed by atoms with van der Waals surface area (Å²) in [5, 5.41) is 5.16. The number of esters is 1. The molecule has 0 radical (unpaired) electrons. The number of likely N-dealkylation sites (tertiary alicyclic amines) is 1. The minimum Gasteiger partial charge on any atom is -0.464 e. The van der Waals surface area contributed by atoms with Crippen LogP contribution in [-0.2, 0) is 30.3 Å². The predicted octanol–water partition coefficient (Wildman–Crippen LogP) is 1.18. The number of rotatable bonds is 10. The molecule has 164 valence electrons. The zero-order valence-corrected chi connectivity index (χ0v) is 17.7. The molecule has 0 spiro atoms. The molecule has 1 aromatic rings. The van der Waals surface area contributed by atoms with E-state index in [0.29, 0.717) is 25.8 Å². The van der Waals surface area contributed by atoms with Crippen LogP contribution in [0, 0.1) is 0 Å². The van der Waals surface area contributed by atoms with Gasteiger partial charge in [0.25, 0.3) is 0 Å². The minimum absolute atomic E-state index is 0.191. The summed E-state index contributed by atoms with van der Waals surface area (Å²) in [7, 11) is 0. The van der Waals surface area contributed by atoms with E-state index in [2.05, 4.69) is 10.6 Å². The van der Waals surface area contributed by atoms with Gasteiger partial charge in [0, 0.05) is 13.0 Å². The first-order valence-electron chi connectivity index (χ1n) is 10.5. The standard InChI is InChI=1S/C22H31N3O5/c1-3-30-22(29)18-12-8-14-25(18)21(28)16(2)24-20(27)15-23-19(26)13-7-11-17-9-5-4-6-10-17/h4-6,9-10,16,18H,3,7-8,11-15H2,1-2H3,(H,23,26)(H,24,27)/t16-,18-/m0/s1. The van der Waals surface area contributed by atoms with Crippen LogP contribution < -0.4 is 10.6 Å². The molecule has 3 amide bonds. The normalized spacial score (nSPS) is 16.6. The topological polar surface area (TPSA) is 105 Å². The van der Waals surface area contributed by atoms with E-state index in [-0.39, 0.29) is 25.0 Å². The van der Waals surface area contributed by atoms with Gasteiger partial charge in [-0.1, -0.05) is 30.3 Å². The second-order valence-electron chi connectivity index (χ2n) is 7.35. The lowest BCUT2D eigenvalue weighted by Crippen LogP contribution is -2.52. The van der Waals surface area contributed by atoms with Crippen molar-refractivity contribution in [2.24, 2.45) is 0 Å². The van der Waals surface area contributed by atoms with Crippen LogP contribution in [-0.4, -0.2) is 60.4 Å². The number of nitrogens with one attached hydrogen (secondary N) is 2. The zero-order valence-electron chi connectivity index (χ0n) is 17.7. The Morgan fingerprint density at radius 1 is 1.17 bits per heavy atom. The van der Waals surface area contributed by atoms with Gasteiger partial charge in [-0.2, -0.15) is 0 Å². The van der Waals surface area contributed by atoms with E-state index in [1.54, 1.807) is 13.8 Å². The van der Waals surface area contributed by atoms with Crippen molar-refractivity contribution in [2.75, 3.05) is 19.7 Å². The fraction of sp³-hybridized carbons (Fsp3) is 0.545. The summed E-state index contributed by atoms with van der Waals surface area (Å²) in [6, 6.07) is 8.50. The van der Waals surface area contributed by atoms with Crippen LogP contribution in [0.4, 0.5) is 0 Å². The lowest BCUT2D eigenvalue weighted by Gasteiger charge is -2.26. The van der Waals surface area contributed by atoms with Crippen LogP contribution >= 0.6 is 0 Å². The highest BCUT2D eigenvalue weighted by atomic mass is 16.5. The summed E-state index contributed by atoms with van der Waals surface area (Å²) in [6.45, 7) is 3.82. The summed E-state index contributed by atoms with van der Waals surface area (Å²) >= 11 is 0. The second kappa shape index (κ2) is 11.9. The molecule has 0 bridgehead atoms. The van der Waals surface area contributed by atoms with E-state index in [1.165, 1.54) is 10.5 Å². The highest BCUT2D eigenvalue weighted by Gasteiger charge is 2.37. The first kappa shape index (κ1) is 23.4. The Labute approximate surface area is 177 Å². The van der Waals surface area contributed by atoms with E-state index in [4.69, 9.17) is 4.74 Å². The van der Waals surface area contributed by atoms with Crippen LogP contribution in [0.3, 0.4) is 0 Å². The maximum Gasteiger partial charge on any atom is 0.328 e. The Balaban J connectivity index is 1.69. The minimum atomic E-state index is -0.789. The molecule has 8 heteroatoms. The van der Waals surface area contributed by atoms with Crippen LogP contribution in [0.25, 0.3) is 0 Å². The average Bonchev–Trinajstić information content (AvgIpc) is 3.22. The Hall–Kier alpha value is -2.90. The molecule has 0 aliphatic carbocycles. The molecule has 1 aliphatic heterocycles. The largest absolute Gasteiger partial charge is 0.464 e. The number of ether oxygens (including phenoxy) is 1. The lowest BCUT2D eigenvalue weighted by atomic mass is 10.1. The van der Waals surface area contributed by atoms with Crippen molar-refractivity contribution in [3.63, 3.8) is 0 Å². The summed E-state index contributed by atoms with van der Waals surface area (Å²) in [5.41, 5.74) is 1.17. The predicted molar refractivity (Wildman–Crippen MR) is 111 cm³/mol. The number of hydrogen-bond donors (Lipinski definition) is 2. The van der Waals surface area contributed by atoms with Gasteiger partial charge in [0.05, 0.1) is 13.2 Å². The van der Waals surface area contributed by atoms with Gasteiger partial charge in [0.1, 0.15) is 12.1 Å². The van der Waals surface area contributed by atoms with Crippen molar-refractivity contribution < 1.29 is 23.9 Å². The van der Waals surface area contributed by atoms with Gasteiger partial charge in [0.2, 0.25) is 17.7 Å². The average molecular weight is 418 g/mol. The maximum absolute atomic E-state index is 12.6. The van der Waals surface area contributed by atoms with Gasteiger partial charge >= 0.3 is 5.97 Å². The van der Waals surface area contributed by atoms with Crippen LogP contribution in [0.15, 0.2) is 30.3 Å². The number of benzene rings is 1. The number of aryl methyl sites for hydroxylation is 1. The Morgan fingerprint density at radius 3 is 2.60 bits per heavy atom. The van der Waals surface area contributed by atoms with Crippen molar-refractivity contribution in [1.82, 2.24) is 15.5 Å². The fourth-order valence-corrected chi connectivity index (χ4v) is 3.48. The van der Waals surface area contributed by atoms with Crippen LogP contribution in [0.2, 0.25) is 0 Å². The van der Waals surface area contributed by atoms with Crippen molar-refractivity contribution in [3.8, 4) is 0 Å². The van der Waals surface area contributed by atoms with Gasteiger partial charge in [-0.25, -0.2) is 4.79 Å². The van der Waals surface area contributed by atoms with Gasteiger partial charge in [-0.3, -0.25) is 14.4 Å². The summed E-state index contributed by atoms with van der Waals surface area (Å²) in [4.78, 5) is 50.1. The molecule has 1 heterocycles. The first-order chi connectivity index (χ1) is 14.4. The van der Waals surface area contributed by atoms with Crippen molar-refractivity contribution >= 4 is 23.7 Å². The molecule has 0 saturated carbocycles. The molecule has 2 atom stereocenters. The zero-order chi connectivity index (χ0) is 21.9. The first-order valence-corrected chi connectivity index (χ1v) is 10.5. The molecule has 1 fully saturated rings. The van der Waals surface area contributed by atoms with Gasteiger partial charge in [0.15, 0.2) is 0 Å². The van der Waals surface area contributed by atoms with E-state index in [1.807, 2.05) is 30.3 Å². The van der Waals surface area contributed by atoms with Gasteiger partial charge < -0.3 is 20.3 Å². The van der Waals surface area contributed by atoms with E-state index >= 15 is 0 Å². The number of hydrogen-bond acceptors (Lipinski definition) is 5. The summed E-state index contributed by atoms with van der Waals surface area (Å²) in [6.07, 6.45) is 3.09. The molecule has 2 N–H and O–H groups in total. The maximum atomic E-state index is 12.6. The smallest absolute Gasteiger partial charge is 0.328 e. The third-order valence-electron chi connectivity index (χ3n) is 5.00. The Kier molecular flexibility index (Phi) is 9.31. The lowest BCUT2D eigenvalue weighted by molar-refractivity contribution is -0.153. The third kappa shape index (κ3) is 7.17. The number of nitrogens with zero attached hydrogens (tertiary/aromatic N) is 1. The third-order valence-corrected chi connectivity index (χ3v) is 5.00. The molecule has 1 aliphatic rings. The second-order valence-corrected chi connectivity index (χ2v) is 7.35. The van der Waals surface area contributed by atoms with Crippen molar-refractivity contribution in [2.45, 2.75) is 58.0 Å². The fourth-order valence-electron chi connectivity index (χ4n) is 3.48.